The third-order valence-electron chi connectivity index (χ3n) is 4.48. The van der Waals surface area contributed by atoms with Gasteiger partial charge in [0.05, 0.1) is 0 Å². The van der Waals surface area contributed by atoms with Crippen LogP contribution < -0.4 is 5.32 Å². The fourth-order valence-corrected chi connectivity index (χ4v) is 4.53. The van der Waals surface area contributed by atoms with Crippen LogP contribution in [0.15, 0.2) is 17.5 Å². The molecule has 116 valence electrons. The van der Waals surface area contributed by atoms with Gasteiger partial charge in [-0.15, -0.1) is 36.2 Å². The molecule has 0 spiro atoms. The summed E-state index contributed by atoms with van der Waals surface area (Å²) in [6.45, 7) is 4.77. The number of hydrogen-bond acceptors (Lipinski definition) is 3. The molecule has 1 aliphatic heterocycles. The van der Waals surface area contributed by atoms with Crippen molar-refractivity contribution in [2.45, 2.75) is 38.1 Å². The number of piperazine rings is 1. The largest absolute Gasteiger partial charge is 0.314 e. The Labute approximate surface area is 139 Å². The second-order valence-electron chi connectivity index (χ2n) is 5.64. The molecule has 1 saturated heterocycles. The fourth-order valence-electron chi connectivity index (χ4n) is 3.58. The Morgan fingerprint density at radius 2 is 1.80 bits per heavy atom. The predicted octanol–water partition coefficient (Wildman–Crippen LogP) is 4.12. The molecule has 1 saturated carbocycles. The molecule has 20 heavy (non-hydrogen) atoms. The minimum absolute atomic E-state index is 0. The van der Waals surface area contributed by atoms with E-state index in [2.05, 4.69) is 27.7 Å². The number of rotatable bonds is 3. The lowest BCUT2D eigenvalue weighted by atomic mass is 9.82. The summed E-state index contributed by atoms with van der Waals surface area (Å²) in [5, 5.41) is 5.72. The van der Waals surface area contributed by atoms with Crippen molar-refractivity contribution in [3.05, 3.63) is 22.4 Å². The van der Waals surface area contributed by atoms with Crippen LogP contribution in [0.1, 0.15) is 43.0 Å². The molecule has 0 radical (unpaired) electrons. The van der Waals surface area contributed by atoms with Gasteiger partial charge >= 0.3 is 0 Å². The summed E-state index contributed by atoms with van der Waals surface area (Å²) in [5.74, 6) is 0.899. The highest BCUT2D eigenvalue weighted by molar-refractivity contribution is 7.10. The van der Waals surface area contributed by atoms with Crippen LogP contribution in [0.3, 0.4) is 0 Å². The van der Waals surface area contributed by atoms with Crippen molar-refractivity contribution in [1.82, 2.24) is 10.2 Å². The summed E-state index contributed by atoms with van der Waals surface area (Å²) in [6, 6.07) is 5.27. The topological polar surface area (TPSA) is 15.3 Å². The molecule has 2 fully saturated rings. The van der Waals surface area contributed by atoms with Crippen molar-refractivity contribution in [2.75, 3.05) is 26.2 Å². The molecule has 0 amide bonds. The number of hydrogen-bond donors (Lipinski definition) is 1. The Bertz CT molecular complexity index is 329. The zero-order chi connectivity index (χ0) is 12.2. The van der Waals surface area contributed by atoms with Gasteiger partial charge in [0.1, 0.15) is 0 Å². The van der Waals surface area contributed by atoms with Crippen LogP contribution >= 0.6 is 36.2 Å². The van der Waals surface area contributed by atoms with Gasteiger partial charge in [-0.2, -0.15) is 0 Å². The molecule has 1 N–H and O–H groups in total. The van der Waals surface area contributed by atoms with Gasteiger partial charge in [0.2, 0.25) is 0 Å². The predicted molar refractivity (Wildman–Crippen MR) is 92.6 cm³/mol. The van der Waals surface area contributed by atoms with E-state index in [0.29, 0.717) is 6.04 Å². The first kappa shape index (κ1) is 18.2. The van der Waals surface area contributed by atoms with Crippen molar-refractivity contribution in [3.8, 4) is 0 Å². The van der Waals surface area contributed by atoms with Crippen LogP contribution in [-0.2, 0) is 0 Å². The van der Waals surface area contributed by atoms with E-state index in [1.807, 2.05) is 11.3 Å². The maximum Gasteiger partial charge on any atom is 0.0470 e. The molecule has 2 nitrogen and oxygen atoms in total. The summed E-state index contributed by atoms with van der Waals surface area (Å²) in [6.07, 6.45) is 7.21. The van der Waals surface area contributed by atoms with Gasteiger partial charge in [0.25, 0.3) is 0 Å². The van der Waals surface area contributed by atoms with E-state index in [1.54, 1.807) is 4.88 Å². The van der Waals surface area contributed by atoms with Crippen molar-refractivity contribution in [1.29, 1.82) is 0 Å². The molecule has 0 aromatic carbocycles. The highest BCUT2D eigenvalue weighted by atomic mass is 35.5. The normalized spacial score (nSPS) is 22.6. The smallest absolute Gasteiger partial charge is 0.0470 e. The third kappa shape index (κ3) is 4.35. The van der Waals surface area contributed by atoms with E-state index in [9.17, 15) is 0 Å². The van der Waals surface area contributed by atoms with Crippen molar-refractivity contribution in [2.24, 2.45) is 5.92 Å². The van der Waals surface area contributed by atoms with Gasteiger partial charge in [-0.1, -0.05) is 25.3 Å². The highest BCUT2D eigenvalue weighted by Crippen LogP contribution is 2.40. The van der Waals surface area contributed by atoms with Crippen LogP contribution in [-0.4, -0.2) is 31.1 Å². The molecular weight excluding hydrogens is 311 g/mol. The second-order valence-corrected chi connectivity index (χ2v) is 6.62. The monoisotopic (exact) mass is 336 g/mol. The Balaban J connectivity index is 0.000001000. The lowest BCUT2D eigenvalue weighted by Gasteiger charge is -2.40. The quantitative estimate of drug-likeness (QED) is 0.893. The molecule has 1 aromatic heterocycles. The van der Waals surface area contributed by atoms with E-state index < -0.39 is 0 Å². The van der Waals surface area contributed by atoms with Crippen LogP contribution in [0.2, 0.25) is 0 Å². The Morgan fingerprint density at radius 1 is 1.10 bits per heavy atom. The second kappa shape index (κ2) is 9.26. The minimum atomic E-state index is 0. The summed E-state index contributed by atoms with van der Waals surface area (Å²) in [4.78, 5) is 4.34. The first-order chi connectivity index (χ1) is 8.95. The molecular formula is C15H26Cl2N2S. The Hall–Kier alpha value is 0.200. The first-order valence-corrected chi connectivity index (χ1v) is 8.31. The van der Waals surface area contributed by atoms with E-state index in [1.165, 1.54) is 45.2 Å². The maximum atomic E-state index is 3.48. The van der Waals surface area contributed by atoms with Crippen LogP contribution in [0.5, 0.6) is 0 Å². The molecule has 0 unspecified atom stereocenters. The Morgan fingerprint density at radius 3 is 2.40 bits per heavy atom. The number of nitrogens with one attached hydrogen (secondary N) is 1. The number of thiophene rings is 1. The van der Waals surface area contributed by atoms with E-state index >= 15 is 0 Å². The minimum Gasteiger partial charge on any atom is -0.314 e. The molecule has 1 atom stereocenters. The summed E-state index contributed by atoms with van der Waals surface area (Å²) in [7, 11) is 0. The molecule has 0 bridgehead atoms. The highest BCUT2D eigenvalue weighted by Gasteiger charge is 2.31. The fraction of sp³-hybridized carbons (Fsp3) is 0.733. The van der Waals surface area contributed by atoms with E-state index in [-0.39, 0.29) is 24.8 Å². The summed E-state index contributed by atoms with van der Waals surface area (Å²) >= 11 is 1.96. The van der Waals surface area contributed by atoms with Gasteiger partial charge in [-0.05, 0) is 30.2 Å². The van der Waals surface area contributed by atoms with E-state index in [4.69, 9.17) is 0 Å². The molecule has 3 rings (SSSR count). The lowest BCUT2D eigenvalue weighted by molar-refractivity contribution is 0.106. The van der Waals surface area contributed by atoms with Gasteiger partial charge in [-0.3, -0.25) is 4.90 Å². The van der Waals surface area contributed by atoms with Crippen molar-refractivity contribution >= 4 is 36.2 Å². The van der Waals surface area contributed by atoms with Crippen molar-refractivity contribution in [3.63, 3.8) is 0 Å². The number of halogens is 2. The van der Waals surface area contributed by atoms with Gasteiger partial charge in [0, 0.05) is 37.1 Å². The van der Waals surface area contributed by atoms with Crippen LogP contribution in [0.4, 0.5) is 0 Å². The lowest BCUT2D eigenvalue weighted by Crippen LogP contribution is -2.47. The van der Waals surface area contributed by atoms with Crippen molar-refractivity contribution < 1.29 is 0 Å². The average molecular weight is 337 g/mol. The molecule has 2 aliphatic rings. The molecule has 1 aromatic rings. The van der Waals surface area contributed by atoms with Gasteiger partial charge in [-0.25, -0.2) is 0 Å². The zero-order valence-electron chi connectivity index (χ0n) is 11.9. The molecule has 5 heteroatoms. The maximum absolute atomic E-state index is 3.48. The first-order valence-electron chi connectivity index (χ1n) is 7.43. The van der Waals surface area contributed by atoms with Crippen LogP contribution in [0.25, 0.3) is 0 Å². The Kier molecular flexibility index (Phi) is 8.45. The zero-order valence-corrected chi connectivity index (χ0v) is 14.4. The van der Waals surface area contributed by atoms with E-state index in [0.717, 1.165) is 19.0 Å². The van der Waals surface area contributed by atoms with Gasteiger partial charge < -0.3 is 5.32 Å². The summed E-state index contributed by atoms with van der Waals surface area (Å²) in [5.41, 5.74) is 0. The summed E-state index contributed by atoms with van der Waals surface area (Å²) < 4.78 is 0. The van der Waals surface area contributed by atoms with Gasteiger partial charge in [0.15, 0.2) is 0 Å². The van der Waals surface area contributed by atoms with Crippen LogP contribution in [0, 0.1) is 5.92 Å². The molecule has 1 aliphatic carbocycles. The third-order valence-corrected chi connectivity index (χ3v) is 5.42. The standard InChI is InChI=1S/C15H24N2S.2ClH/c1-2-5-13(6-3-1)15(14-7-4-12-18-14)17-10-8-16-9-11-17;;/h4,7,12-13,15-16H,1-3,5-6,8-11H2;2*1H/t15-;;/m0../s1. The average Bonchev–Trinajstić information content (AvgIpc) is 2.95. The number of nitrogens with zero attached hydrogens (tertiary/aromatic N) is 1. The SMILES string of the molecule is Cl.Cl.c1csc([C@H](C2CCCCC2)N2CCNCC2)c1. The molecule has 2 heterocycles.